The SMILES string of the molecule is CC(=O)[C@H](Cc1ccccc1)NC(=O)COC(=O)c1c(C)cc(C)nc1Cl. The van der Waals surface area contributed by atoms with Gasteiger partial charge in [0.15, 0.2) is 12.4 Å². The van der Waals surface area contributed by atoms with Gasteiger partial charge in [-0.05, 0) is 44.4 Å². The molecule has 1 amide bonds. The predicted molar refractivity (Wildman–Crippen MR) is 102 cm³/mol. The summed E-state index contributed by atoms with van der Waals surface area (Å²) in [7, 11) is 0. The molecule has 0 unspecified atom stereocenters. The highest BCUT2D eigenvalue weighted by molar-refractivity contribution is 6.32. The Morgan fingerprint density at radius 2 is 1.85 bits per heavy atom. The molecule has 1 aromatic carbocycles. The molecule has 0 saturated heterocycles. The Balaban J connectivity index is 1.96. The van der Waals surface area contributed by atoms with Crippen molar-refractivity contribution in [2.24, 2.45) is 0 Å². The number of rotatable bonds is 7. The lowest BCUT2D eigenvalue weighted by molar-refractivity contribution is -0.128. The van der Waals surface area contributed by atoms with Crippen LogP contribution in [0.1, 0.15) is 34.1 Å². The van der Waals surface area contributed by atoms with Crippen LogP contribution >= 0.6 is 11.6 Å². The summed E-state index contributed by atoms with van der Waals surface area (Å²) in [5.41, 5.74) is 2.34. The van der Waals surface area contributed by atoms with Gasteiger partial charge in [0.25, 0.3) is 5.91 Å². The van der Waals surface area contributed by atoms with E-state index in [0.717, 1.165) is 5.56 Å². The maximum Gasteiger partial charge on any atom is 0.342 e. The number of ketones is 1. The van der Waals surface area contributed by atoms with Crippen molar-refractivity contribution in [3.05, 3.63) is 63.9 Å². The largest absolute Gasteiger partial charge is 0.452 e. The number of aryl methyl sites for hydroxylation is 2. The Bertz CT molecular complexity index is 829. The number of benzene rings is 1. The average Bonchev–Trinajstić information content (AvgIpc) is 2.59. The number of ether oxygens (including phenoxy) is 1. The highest BCUT2D eigenvalue weighted by atomic mass is 35.5. The van der Waals surface area contributed by atoms with Crippen LogP contribution in [0.25, 0.3) is 0 Å². The molecule has 0 radical (unpaired) electrons. The molecule has 0 aliphatic rings. The molecule has 1 N–H and O–H groups in total. The number of carbonyl (C=O) groups is 3. The number of hydrogen-bond donors (Lipinski definition) is 1. The molecule has 1 atom stereocenters. The first-order valence-electron chi connectivity index (χ1n) is 8.42. The number of nitrogens with zero attached hydrogens (tertiary/aromatic N) is 1. The van der Waals surface area contributed by atoms with E-state index in [0.29, 0.717) is 17.7 Å². The molecule has 0 aliphatic heterocycles. The van der Waals surface area contributed by atoms with Crippen molar-refractivity contribution in [2.45, 2.75) is 33.2 Å². The first-order chi connectivity index (χ1) is 12.8. The summed E-state index contributed by atoms with van der Waals surface area (Å²) in [6, 6.07) is 10.3. The number of halogens is 1. The van der Waals surface area contributed by atoms with Crippen LogP contribution in [0, 0.1) is 13.8 Å². The van der Waals surface area contributed by atoms with Gasteiger partial charge in [0.2, 0.25) is 0 Å². The van der Waals surface area contributed by atoms with E-state index in [1.54, 1.807) is 19.9 Å². The smallest absolute Gasteiger partial charge is 0.342 e. The van der Waals surface area contributed by atoms with Crippen LogP contribution in [0.4, 0.5) is 0 Å². The highest BCUT2D eigenvalue weighted by Crippen LogP contribution is 2.19. The minimum Gasteiger partial charge on any atom is -0.452 e. The first-order valence-corrected chi connectivity index (χ1v) is 8.80. The van der Waals surface area contributed by atoms with Crippen molar-refractivity contribution in [3.8, 4) is 0 Å². The quantitative estimate of drug-likeness (QED) is 0.582. The molecule has 6 nitrogen and oxygen atoms in total. The summed E-state index contributed by atoms with van der Waals surface area (Å²) in [5, 5.41) is 2.63. The highest BCUT2D eigenvalue weighted by Gasteiger charge is 2.21. The van der Waals surface area contributed by atoms with Gasteiger partial charge in [0.1, 0.15) is 5.15 Å². The molecule has 0 fully saturated rings. The third-order valence-corrected chi connectivity index (χ3v) is 4.22. The van der Waals surface area contributed by atoms with Crippen molar-refractivity contribution in [1.29, 1.82) is 0 Å². The standard InChI is InChI=1S/C20H21ClN2O4/c1-12-9-13(2)22-19(21)18(12)20(26)27-11-17(25)23-16(14(3)24)10-15-7-5-4-6-8-15/h4-9,16H,10-11H2,1-3H3,(H,23,25)/t16-/m0/s1. The predicted octanol–water partition coefficient (Wildman–Crippen LogP) is 2.83. The van der Waals surface area contributed by atoms with Gasteiger partial charge in [-0.3, -0.25) is 9.59 Å². The van der Waals surface area contributed by atoms with Crippen molar-refractivity contribution in [1.82, 2.24) is 10.3 Å². The fraction of sp³-hybridized carbons (Fsp3) is 0.300. The van der Waals surface area contributed by atoms with Crippen molar-refractivity contribution < 1.29 is 19.1 Å². The van der Waals surface area contributed by atoms with Gasteiger partial charge >= 0.3 is 5.97 Å². The molecular weight excluding hydrogens is 368 g/mol. The van der Waals surface area contributed by atoms with E-state index in [4.69, 9.17) is 16.3 Å². The zero-order chi connectivity index (χ0) is 20.0. The monoisotopic (exact) mass is 388 g/mol. The molecule has 2 rings (SSSR count). The van der Waals surface area contributed by atoms with Gasteiger partial charge in [0.05, 0.1) is 11.6 Å². The number of pyridine rings is 1. The minimum absolute atomic E-state index is 0.0311. The number of Topliss-reactive ketones (excluding diaryl/α,β-unsaturated/α-hetero) is 1. The van der Waals surface area contributed by atoms with Crippen LogP contribution in [0.15, 0.2) is 36.4 Å². The van der Waals surface area contributed by atoms with Gasteiger partial charge in [-0.1, -0.05) is 41.9 Å². The number of esters is 1. The second-order valence-corrected chi connectivity index (χ2v) is 6.60. The summed E-state index contributed by atoms with van der Waals surface area (Å²) in [6.45, 7) is 4.36. The average molecular weight is 389 g/mol. The van der Waals surface area contributed by atoms with Crippen LogP contribution in [0.3, 0.4) is 0 Å². The molecule has 0 spiro atoms. The number of nitrogens with one attached hydrogen (secondary N) is 1. The van der Waals surface area contributed by atoms with E-state index in [2.05, 4.69) is 10.3 Å². The molecule has 27 heavy (non-hydrogen) atoms. The Labute approximate surface area is 162 Å². The summed E-state index contributed by atoms with van der Waals surface area (Å²) in [4.78, 5) is 40.2. The topological polar surface area (TPSA) is 85.4 Å². The Morgan fingerprint density at radius 1 is 1.19 bits per heavy atom. The molecule has 1 aromatic heterocycles. The van der Waals surface area contributed by atoms with Gasteiger partial charge in [-0.2, -0.15) is 0 Å². The normalized spacial score (nSPS) is 11.6. The fourth-order valence-electron chi connectivity index (χ4n) is 2.62. The van der Waals surface area contributed by atoms with Crippen LogP contribution in [-0.4, -0.2) is 35.3 Å². The van der Waals surface area contributed by atoms with E-state index in [1.807, 2.05) is 30.3 Å². The molecule has 0 bridgehead atoms. The van der Waals surface area contributed by atoms with E-state index in [1.165, 1.54) is 6.92 Å². The first kappa shape index (κ1) is 20.6. The molecule has 2 aromatic rings. The summed E-state index contributed by atoms with van der Waals surface area (Å²) in [5.74, 6) is -1.48. The lowest BCUT2D eigenvalue weighted by atomic mass is 10.0. The Kier molecular flexibility index (Phi) is 7.07. The number of amides is 1. The zero-order valence-corrected chi connectivity index (χ0v) is 16.2. The molecule has 0 aliphatic carbocycles. The summed E-state index contributed by atoms with van der Waals surface area (Å²) in [6.07, 6.45) is 0.364. The van der Waals surface area contributed by atoms with Crippen LogP contribution < -0.4 is 5.32 Å². The van der Waals surface area contributed by atoms with Gasteiger partial charge in [-0.25, -0.2) is 9.78 Å². The molecular formula is C20H21ClN2O4. The van der Waals surface area contributed by atoms with Crippen molar-refractivity contribution >= 4 is 29.3 Å². The van der Waals surface area contributed by atoms with Crippen LogP contribution in [0.5, 0.6) is 0 Å². The fourth-order valence-corrected chi connectivity index (χ4v) is 2.98. The maximum atomic E-state index is 12.2. The Hall–Kier alpha value is -2.73. The van der Waals surface area contributed by atoms with E-state index in [-0.39, 0.29) is 16.5 Å². The zero-order valence-electron chi connectivity index (χ0n) is 15.4. The minimum atomic E-state index is -0.734. The number of aromatic nitrogens is 1. The molecule has 7 heteroatoms. The molecule has 1 heterocycles. The van der Waals surface area contributed by atoms with Crippen LogP contribution in [0.2, 0.25) is 5.15 Å². The van der Waals surface area contributed by atoms with Gasteiger partial charge in [-0.15, -0.1) is 0 Å². The summed E-state index contributed by atoms with van der Waals surface area (Å²) >= 11 is 6.00. The Morgan fingerprint density at radius 3 is 2.44 bits per heavy atom. The van der Waals surface area contributed by atoms with Gasteiger partial charge < -0.3 is 10.1 Å². The van der Waals surface area contributed by atoms with E-state index >= 15 is 0 Å². The third-order valence-electron chi connectivity index (χ3n) is 3.95. The number of carbonyl (C=O) groups excluding carboxylic acids is 3. The number of hydrogen-bond acceptors (Lipinski definition) is 5. The van der Waals surface area contributed by atoms with Crippen molar-refractivity contribution in [3.63, 3.8) is 0 Å². The van der Waals surface area contributed by atoms with Crippen molar-refractivity contribution in [2.75, 3.05) is 6.61 Å². The maximum absolute atomic E-state index is 12.2. The lowest BCUT2D eigenvalue weighted by Gasteiger charge is -2.16. The van der Waals surface area contributed by atoms with Crippen LogP contribution in [-0.2, 0) is 20.7 Å². The second-order valence-electron chi connectivity index (χ2n) is 6.24. The molecule has 142 valence electrons. The third kappa shape index (κ3) is 5.89. The lowest BCUT2D eigenvalue weighted by Crippen LogP contribution is -2.43. The second kappa shape index (κ2) is 9.28. The molecule has 0 saturated carbocycles. The summed E-state index contributed by atoms with van der Waals surface area (Å²) < 4.78 is 5.04. The van der Waals surface area contributed by atoms with E-state index in [9.17, 15) is 14.4 Å². The van der Waals surface area contributed by atoms with Gasteiger partial charge in [0, 0.05) is 5.69 Å². The van der Waals surface area contributed by atoms with E-state index < -0.39 is 24.5 Å².